The summed E-state index contributed by atoms with van der Waals surface area (Å²) in [5, 5.41) is 1.81. The Kier molecular flexibility index (Phi) is 0.890. The second-order valence-electron chi connectivity index (χ2n) is 1.31. The van der Waals surface area contributed by atoms with Crippen molar-refractivity contribution in [3.63, 3.8) is 0 Å². The summed E-state index contributed by atoms with van der Waals surface area (Å²) in [4.78, 5) is 3.19. The molecule has 0 atom stereocenters. The van der Waals surface area contributed by atoms with Crippen LogP contribution in [0.2, 0.25) is 0 Å². The minimum atomic E-state index is -2.49. The molecule has 0 aliphatic rings. The van der Waals surface area contributed by atoms with Crippen molar-refractivity contribution in [3.8, 4) is 0 Å². The fraction of sp³-hybridized carbons (Fsp3) is 0.125. The first-order valence-electron chi connectivity index (χ1n) is 5.90. The fourth-order valence-electron chi connectivity index (χ4n) is 0.385. The van der Waals surface area contributed by atoms with Gasteiger partial charge in [-0.1, -0.05) is 30.2 Å². The van der Waals surface area contributed by atoms with E-state index in [9.17, 15) is 0 Å². The first-order valence-corrected chi connectivity index (χ1v) is 2.81. The quantitative estimate of drug-likeness (QED) is 0.472. The first-order chi connectivity index (χ1) is 7.74. The number of hydrogen-bond donors (Lipinski definition) is 0. The van der Waals surface area contributed by atoms with Crippen LogP contribution < -0.4 is 0 Å². The van der Waals surface area contributed by atoms with Gasteiger partial charge in [-0.15, -0.1) is 0 Å². The standard InChI is InChI=1S/C8H7NS/c10-7-9-6-8-4-2-1-3-5-8/h1-5H,6H2/i1D,2D,3D,4D,5D,6D2. The second kappa shape index (κ2) is 3.94. The lowest BCUT2D eigenvalue weighted by atomic mass is 10.2. The van der Waals surface area contributed by atoms with Crippen LogP contribution in [0.1, 0.15) is 15.2 Å². The van der Waals surface area contributed by atoms with Crippen LogP contribution in [-0.2, 0) is 6.50 Å². The van der Waals surface area contributed by atoms with E-state index in [0.29, 0.717) is 0 Å². The summed E-state index contributed by atoms with van der Waals surface area (Å²) in [6.45, 7) is -2.49. The average Bonchev–Trinajstić information content (AvgIpc) is 2.23. The molecule has 50 valence electrons. The highest BCUT2D eigenvalue weighted by molar-refractivity contribution is 7.78. The SMILES string of the molecule is [2H]c1c([2H])c([2H])c(C([2H])([2H])N=C=S)c([2H])c1[2H]. The molecule has 0 amide bonds. The summed E-state index contributed by atoms with van der Waals surface area (Å²) in [7, 11) is 0. The Hall–Kier alpha value is -0.980. The molecule has 0 aromatic heterocycles. The molecule has 2 heteroatoms. The lowest BCUT2D eigenvalue weighted by Crippen LogP contribution is -1.76. The van der Waals surface area contributed by atoms with Gasteiger partial charge in [-0.05, 0) is 17.8 Å². The number of hydrogen-bond acceptors (Lipinski definition) is 2. The molecule has 0 aliphatic heterocycles. The van der Waals surface area contributed by atoms with Crippen molar-refractivity contribution >= 4 is 17.4 Å². The Bertz CT molecular complexity index is 492. The Morgan fingerprint density at radius 1 is 1.60 bits per heavy atom. The normalized spacial score (nSPS) is 19.8. The minimum Gasteiger partial charge on any atom is -0.228 e. The molecule has 0 bridgehead atoms. The van der Waals surface area contributed by atoms with Crippen molar-refractivity contribution in [2.45, 2.75) is 6.50 Å². The molecule has 0 N–H and O–H groups in total. The summed E-state index contributed by atoms with van der Waals surface area (Å²) in [5.74, 6) is 0. The minimum absolute atomic E-state index is 0.541. The molecule has 10 heavy (non-hydrogen) atoms. The lowest BCUT2D eigenvalue weighted by molar-refractivity contribution is 1.08. The summed E-state index contributed by atoms with van der Waals surface area (Å²) in [6.07, 6.45) is 0. The number of rotatable bonds is 2. The van der Waals surface area contributed by atoms with E-state index in [1.807, 2.05) is 5.16 Å². The highest BCUT2D eigenvalue weighted by Crippen LogP contribution is 1.98. The molecule has 0 spiro atoms. The topological polar surface area (TPSA) is 12.4 Å². The van der Waals surface area contributed by atoms with Gasteiger partial charge in [0.25, 0.3) is 0 Å². The monoisotopic (exact) mass is 156 g/mol. The summed E-state index contributed by atoms with van der Waals surface area (Å²) in [6, 6.07) is -3.05. The average molecular weight is 156 g/mol. The molecular formula is C8H7NS. The molecular weight excluding hydrogens is 142 g/mol. The lowest BCUT2D eigenvalue weighted by Gasteiger charge is -1.90. The number of isothiocyanates is 1. The molecule has 0 saturated carbocycles. The maximum absolute atomic E-state index is 7.54. The zero-order valence-electron chi connectivity index (χ0n) is 11.9. The largest absolute Gasteiger partial charge is 0.228 e. The van der Waals surface area contributed by atoms with Crippen molar-refractivity contribution in [1.29, 1.82) is 0 Å². The van der Waals surface area contributed by atoms with Gasteiger partial charge in [0.1, 0.15) is 0 Å². The van der Waals surface area contributed by atoms with Crippen LogP contribution in [0, 0.1) is 0 Å². The van der Waals surface area contributed by atoms with Crippen LogP contribution in [0.25, 0.3) is 0 Å². The van der Waals surface area contributed by atoms with Gasteiger partial charge >= 0.3 is 0 Å². The van der Waals surface area contributed by atoms with E-state index in [1.165, 1.54) is 0 Å². The summed E-state index contributed by atoms with van der Waals surface area (Å²) < 4.78 is 52.2. The van der Waals surface area contributed by atoms with Gasteiger partial charge < -0.3 is 0 Å². The van der Waals surface area contributed by atoms with Crippen molar-refractivity contribution in [1.82, 2.24) is 0 Å². The van der Waals surface area contributed by atoms with E-state index < -0.39 is 42.3 Å². The Morgan fingerprint density at radius 2 is 2.30 bits per heavy atom. The van der Waals surface area contributed by atoms with Gasteiger partial charge in [-0.3, -0.25) is 0 Å². The molecule has 0 aliphatic carbocycles. The van der Waals surface area contributed by atoms with E-state index in [4.69, 9.17) is 9.60 Å². The van der Waals surface area contributed by atoms with Crippen LogP contribution in [0.5, 0.6) is 0 Å². The van der Waals surface area contributed by atoms with Gasteiger partial charge in [0.2, 0.25) is 0 Å². The Labute approximate surface area is 75.3 Å². The van der Waals surface area contributed by atoms with Crippen LogP contribution in [0.3, 0.4) is 0 Å². The number of nitrogens with zero attached hydrogens (tertiary/aromatic N) is 1. The van der Waals surface area contributed by atoms with E-state index in [-0.39, 0.29) is 0 Å². The van der Waals surface area contributed by atoms with Crippen LogP contribution in [0.15, 0.2) is 35.2 Å². The zero-order valence-corrected chi connectivity index (χ0v) is 5.67. The smallest absolute Gasteiger partial charge is 0.0743 e. The highest BCUT2D eigenvalue weighted by atomic mass is 32.1. The van der Waals surface area contributed by atoms with Crippen molar-refractivity contribution < 1.29 is 9.60 Å². The molecule has 1 nitrogen and oxygen atoms in total. The molecule has 0 radical (unpaired) electrons. The van der Waals surface area contributed by atoms with Gasteiger partial charge in [0, 0.05) is 0 Å². The molecule has 1 aromatic rings. The van der Waals surface area contributed by atoms with Gasteiger partial charge in [-0.25, -0.2) is 4.99 Å². The summed E-state index contributed by atoms with van der Waals surface area (Å²) >= 11 is 4.27. The number of aliphatic imine (C=N–C) groups is 1. The van der Waals surface area contributed by atoms with E-state index in [0.717, 1.165) is 0 Å². The maximum Gasteiger partial charge on any atom is 0.0743 e. The fourth-order valence-corrected chi connectivity index (χ4v) is 0.430. The van der Waals surface area contributed by atoms with Crippen molar-refractivity contribution in [2.75, 3.05) is 0 Å². The third-order valence-electron chi connectivity index (χ3n) is 0.713. The predicted octanol–water partition coefficient (Wildman–Crippen LogP) is 2.29. The third kappa shape index (κ3) is 2.09. The molecule has 0 unspecified atom stereocenters. The van der Waals surface area contributed by atoms with Crippen molar-refractivity contribution in [3.05, 3.63) is 35.8 Å². The molecule has 1 aromatic carbocycles. The van der Waals surface area contributed by atoms with E-state index >= 15 is 0 Å². The van der Waals surface area contributed by atoms with Gasteiger partial charge in [0.15, 0.2) is 0 Å². The van der Waals surface area contributed by atoms with Crippen LogP contribution in [0.4, 0.5) is 0 Å². The number of thiocarbonyl (C=S) groups is 1. The molecule has 0 saturated heterocycles. The zero-order chi connectivity index (χ0) is 13.4. The Morgan fingerprint density at radius 3 is 2.90 bits per heavy atom. The second-order valence-corrected chi connectivity index (χ2v) is 1.50. The predicted molar refractivity (Wildman–Crippen MR) is 45.2 cm³/mol. The van der Waals surface area contributed by atoms with Crippen LogP contribution >= 0.6 is 12.2 Å². The summed E-state index contributed by atoms with van der Waals surface area (Å²) in [5.41, 5.74) is -0.541. The van der Waals surface area contributed by atoms with Gasteiger partial charge in [-0.2, -0.15) is 0 Å². The maximum atomic E-state index is 7.54. The molecule has 0 fully saturated rings. The van der Waals surface area contributed by atoms with E-state index in [1.54, 1.807) is 0 Å². The molecule has 1 rings (SSSR count). The van der Waals surface area contributed by atoms with Crippen molar-refractivity contribution in [2.24, 2.45) is 4.99 Å². The Balaban J connectivity index is 3.72. The first kappa shape index (κ1) is 2.26. The molecule has 0 heterocycles. The van der Waals surface area contributed by atoms with Gasteiger partial charge in [0.05, 0.1) is 21.3 Å². The highest BCUT2D eigenvalue weighted by Gasteiger charge is 1.84. The number of benzene rings is 1. The van der Waals surface area contributed by atoms with Crippen LogP contribution in [-0.4, -0.2) is 5.16 Å². The van der Waals surface area contributed by atoms with E-state index in [2.05, 4.69) is 17.2 Å². The third-order valence-corrected chi connectivity index (χ3v) is 0.805.